The number of anilines is 2. The molecule has 4 aromatic heterocycles. The third-order valence-corrected chi connectivity index (χ3v) is 7.44. The van der Waals surface area contributed by atoms with Crippen molar-refractivity contribution in [2.45, 2.75) is 32.0 Å². The Balaban J connectivity index is 0.000000151. The topological polar surface area (TPSA) is 100 Å². The highest BCUT2D eigenvalue weighted by Crippen LogP contribution is 2.37. The van der Waals surface area contributed by atoms with Gasteiger partial charge in [-0.25, -0.2) is 9.97 Å². The summed E-state index contributed by atoms with van der Waals surface area (Å²) in [5.41, 5.74) is 3.74. The van der Waals surface area contributed by atoms with Crippen LogP contribution < -0.4 is 15.4 Å². The third-order valence-electron chi connectivity index (χ3n) is 7.44. The maximum atomic E-state index is 13.1. The molecule has 1 aromatic carbocycles. The highest BCUT2D eigenvalue weighted by Gasteiger charge is 2.37. The largest absolute Gasteiger partial charge is 0.451 e. The zero-order valence-electron chi connectivity index (χ0n) is 22.9. The second kappa shape index (κ2) is 11.4. The Labute approximate surface area is 239 Å². The zero-order valence-corrected chi connectivity index (χ0v) is 22.9. The number of hydrogen-bond donors (Lipinski definition) is 1. The fraction of sp³-hybridized carbons (Fsp3) is 0.333. The number of fused-ring (bicyclic) bond motifs is 3. The van der Waals surface area contributed by atoms with Gasteiger partial charge in [0.25, 0.3) is 5.56 Å². The summed E-state index contributed by atoms with van der Waals surface area (Å²) < 4.78 is 50.5. The maximum absolute atomic E-state index is 13.1. The average Bonchev–Trinajstić information content (AvgIpc) is 3.66. The van der Waals surface area contributed by atoms with Crippen LogP contribution in [0.15, 0.2) is 70.3 Å². The molecule has 12 heteroatoms. The number of H-pyrrole nitrogens is 1. The predicted molar refractivity (Wildman–Crippen MR) is 154 cm³/mol. The van der Waals surface area contributed by atoms with Gasteiger partial charge in [0.1, 0.15) is 16.8 Å². The van der Waals surface area contributed by atoms with Crippen molar-refractivity contribution in [3.63, 3.8) is 0 Å². The highest BCUT2D eigenvalue weighted by atomic mass is 19.4. The monoisotopic (exact) mass is 578 g/mol. The molecule has 0 bridgehead atoms. The average molecular weight is 579 g/mol. The summed E-state index contributed by atoms with van der Waals surface area (Å²) in [5, 5.41) is 0.575. The first kappa shape index (κ1) is 27.7. The van der Waals surface area contributed by atoms with Crippen molar-refractivity contribution in [2.75, 3.05) is 42.6 Å². The summed E-state index contributed by atoms with van der Waals surface area (Å²) in [5.74, 6) is -0.875. The number of rotatable bonds is 3. The van der Waals surface area contributed by atoms with Crippen LogP contribution in [0.2, 0.25) is 0 Å². The molecule has 0 spiro atoms. The SMILES string of the molecule is CC1COCCN1c1cc(-c2ccncc2)c[nH]c1=O.FC(F)(F)c1nc(N2CCCC2)c2oc3ccccc3c2n1. The fourth-order valence-electron chi connectivity index (χ4n) is 5.33. The van der Waals surface area contributed by atoms with Crippen molar-refractivity contribution >= 4 is 33.6 Å². The Bertz CT molecular complexity index is 1750. The molecule has 1 atom stereocenters. The molecule has 0 radical (unpaired) electrons. The van der Waals surface area contributed by atoms with Crippen LogP contribution in [0.4, 0.5) is 24.7 Å². The molecule has 2 saturated heterocycles. The molecule has 6 heterocycles. The number of aromatic nitrogens is 4. The van der Waals surface area contributed by atoms with Crippen molar-refractivity contribution < 1.29 is 22.3 Å². The Morgan fingerprint density at radius 3 is 2.50 bits per heavy atom. The molecule has 1 unspecified atom stereocenters. The Morgan fingerprint density at radius 2 is 1.76 bits per heavy atom. The lowest BCUT2D eigenvalue weighted by Crippen LogP contribution is -2.45. The molecule has 0 amide bonds. The van der Waals surface area contributed by atoms with Gasteiger partial charge in [-0.05, 0) is 55.7 Å². The van der Waals surface area contributed by atoms with Gasteiger partial charge in [0.2, 0.25) is 5.82 Å². The minimum Gasteiger partial charge on any atom is -0.450 e. The maximum Gasteiger partial charge on any atom is 0.451 e. The molecular weight excluding hydrogens is 549 g/mol. The highest BCUT2D eigenvalue weighted by molar-refractivity contribution is 6.05. The number of alkyl halides is 3. The third kappa shape index (κ3) is 5.54. The van der Waals surface area contributed by atoms with Crippen molar-refractivity contribution in [3.05, 3.63) is 77.2 Å². The van der Waals surface area contributed by atoms with E-state index in [0.29, 0.717) is 48.5 Å². The number of ether oxygens (including phenoxy) is 1. The van der Waals surface area contributed by atoms with E-state index in [-0.39, 0.29) is 22.9 Å². The molecule has 5 aromatic rings. The first-order valence-electron chi connectivity index (χ1n) is 13.8. The molecular formula is C30H29F3N6O3. The van der Waals surface area contributed by atoms with E-state index < -0.39 is 12.0 Å². The molecule has 0 aliphatic carbocycles. The molecule has 1 N–H and O–H groups in total. The lowest BCUT2D eigenvalue weighted by Gasteiger charge is -2.34. The smallest absolute Gasteiger partial charge is 0.450 e. The molecule has 2 aliphatic rings. The van der Waals surface area contributed by atoms with Crippen LogP contribution in [0.1, 0.15) is 25.6 Å². The number of para-hydroxylation sites is 1. The number of hydrogen-bond acceptors (Lipinski definition) is 8. The van der Waals surface area contributed by atoms with Crippen LogP contribution in [0.5, 0.6) is 0 Å². The fourth-order valence-corrected chi connectivity index (χ4v) is 5.33. The van der Waals surface area contributed by atoms with Gasteiger partial charge in [-0.1, -0.05) is 12.1 Å². The molecule has 2 fully saturated rings. The number of aromatic amines is 1. The lowest BCUT2D eigenvalue weighted by atomic mass is 10.1. The minimum absolute atomic E-state index is 0.0587. The van der Waals surface area contributed by atoms with E-state index in [0.717, 1.165) is 30.5 Å². The van der Waals surface area contributed by atoms with Gasteiger partial charge in [0.15, 0.2) is 11.4 Å². The normalized spacial score (nSPS) is 17.5. The van der Waals surface area contributed by atoms with Gasteiger partial charge in [0, 0.05) is 55.2 Å². The Morgan fingerprint density at radius 1 is 1.00 bits per heavy atom. The second-order valence-corrected chi connectivity index (χ2v) is 10.3. The van der Waals surface area contributed by atoms with Gasteiger partial charge >= 0.3 is 6.18 Å². The summed E-state index contributed by atoms with van der Waals surface area (Å²) in [6.45, 7) is 5.48. The van der Waals surface area contributed by atoms with Crippen LogP contribution in [0.25, 0.3) is 33.2 Å². The summed E-state index contributed by atoms with van der Waals surface area (Å²) >= 11 is 0. The number of morpholine rings is 1. The number of halogens is 3. The van der Waals surface area contributed by atoms with Gasteiger partial charge in [-0.15, -0.1) is 0 Å². The number of benzene rings is 1. The number of pyridine rings is 2. The summed E-state index contributed by atoms with van der Waals surface area (Å²) in [6.07, 6.45) is 2.53. The lowest BCUT2D eigenvalue weighted by molar-refractivity contribution is -0.144. The first-order valence-corrected chi connectivity index (χ1v) is 13.8. The van der Waals surface area contributed by atoms with Crippen LogP contribution >= 0.6 is 0 Å². The van der Waals surface area contributed by atoms with Crippen molar-refractivity contribution in [1.82, 2.24) is 19.9 Å². The molecule has 218 valence electrons. The quantitative estimate of drug-likeness (QED) is 0.293. The molecule has 2 aliphatic heterocycles. The van der Waals surface area contributed by atoms with E-state index in [2.05, 4.69) is 31.8 Å². The predicted octanol–water partition coefficient (Wildman–Crippen LogP) is 5.66. The van der Waals surface area contributed by atoms with Crippen molar-refractivity contribution in [3.8, 4) is 11.1 Å². The minimum atomic E-state index is -4.58. The van der Waals surface area contributed by atoms with Crippen LogP contribution in [-0.2, 0) is 10.9 Å². The summed E-state index contributed by atoms with van der Waals surface area (Å²) in [6, 6.07) is 13.0. The van der Waals surface area contributed by atoms with Gasteiger partial charge in [-0.2, -0.15) is 13.2 Å². The van der Waals surface area contributed by atoms with E-state index in [9.17, 15) is 18.0 Å². The second-order valence-electron chi connectivity index (χ2n) is 10.3. The first-order chi connectivity index (χ1) is 20.3. The van der Waals surface area contributed by atoms with E-state index in [1.54, 1.807) is 42.9 Å². The van der Waals surface area contributed by atoms with Crippen LogP contribution in [0, 0.1) is 0 Å². The van der Waals surface area contributed by atoms with Gasteiger partial charge < -0.3 is 23.9 Å². The number of nitrogens with zero attached hydrogens (tertiary/aromatic N) is 5. The molecule has 0 saturated carbocycles. The van der Waals surface area contributed by atoms with Gasteiger partial charge in [-0.3, -0.25) is 9.78 Å². The summed E-state index contributed by atoms with van der Waals surface area (Å²) in [7, 11) is 0. The van der Waals surface area contributed by atoms with Crippen LogP contribution in [0.3, 0.4) is 0 Å². The zero-order chi connectivity index (χ0) is 29.3. The Hall–Kier alpha value is -4.45. The van der Waals surface area contributed by atoms with E-state index in [1.165, 1.54) is 0 Å². The van der Waals surface area contributed by atoms with E-state index >= 15 is 0 Å². The summed E-state index contributed by atoms with van der Waals surface area (Å²) in [4.78, 5) is 30.3. The number of furan rings is 1. The molecule has 7 rings (SSSR count). The number of nitrogens with one attached hydrogen (secondary N) is 1. The standard InChI is InChI=1S/C15H12F3N3O.C15H17N3O2/c16-15(17,18)14-19-11-9-5-1-2-6-10(9)22-12(11)13(20-14)21-7-3-4-8-21;1-11-10-20-7-6-18(11)14-8-13(9-17-15(14)19)12-2-4-16-5-3-12/h1-2,5-6H,3-4,7-8H2;2-5,8-9,11H,6-7,10H2,1H3,(H,17,19). The van der Waals surface area contributed by atoms with Crippen molar-refractivity contribution in [1.29, 1.82) is 0 Å². The van der Waals surface area contributed by atoms with Crippen LogP contribution in [-0.4, -0.2) is 58.8 Å². The van der Waals surface area contributed by atoms with Gasteiger partial charge in [0.05, 0.1) is 13.2 Å². The molecule has 9 nitrogen and oxygen atoms in total. The van der Waals surface area contributed by atoms with E-state index in [1.807, 2.05) is 23.1 Å². The van der Waals surface area contributed by atoms with Crippen molar-refractivity contribution in [2.24, 2.45) is 0 Å². The molecule has 42 heavy (non-hydrogen) atoms. The van der Waals surface area contributed by atoms with E-state index in [4.69, 9.17) is 9.15 Å². The Kier molecular flexibility index (Phi) is 7.55.